The summed E-state index contributed by atoms with van der Waals surface area (Å²) in [6, 6.07) is 4.89. The molecule has 1 fully saturated rings. The maximum absolute atomic E-state index is 13.1. The van der Waals surface area contributed by atoms with Gasteiger partial charge in [0.05, 0.1) is 0 Å². The molecule has 1 amide bonds. The van der Waals surface area contributed by atoms with Crippen LogP contribution in [0.1, 0.15) is 31.2 Å². The molecule has 4 nitrogen and oxygen atoms in total. The molecule has 0 radical (unpaired) electrons. The van der Waals surface area contributed by atoms with Gasteiger partial charge in [0, 0.05) is 36.1 Å². The van der Waals surface area contributed by atoms with Crippen molar-refractivity contribution in [1.29, 1.82) is 0 Å². The molecule has 1 aliphatic carbocycles. The normalized spacial score (nSPS) is 21.4. The number of hydrogen-bond donors (Lipinski definition) is 3. The zero-order chi connectivity index (χ0) is 15.5. The Hall–Kier alpha value is -1.88. The third-order valence-corrected chi connectivity index (χ3v) is 4.61. The number of hydrogen-bond acceptors (Lipinski definition) is 2. The number of carbonyl (C=O) groups excluding carboxylic acids is 1. The highest BCUT2D eigenvalue weighted by Crippen LogP contribution is 2.26. The lowest BCUT2D eigenvalue weighted by molar-refractivity contribution is -0.122. The van der Waals surface area contributed by atoms with Crippen molar-refractivity contribution < 1.29 is 9.18 Å². The first kappa shape index (κ1) is 15.0. The number of halogens is 1. The molecule has 3 rings (SSSR count). The highest BCUT2D eigenvalue weighted by molar-refractivity contribution is 5.83. The van der Waals surface area contributed by atoms with Crippen molar-refractivity contribution >= 4 is 16.8 Å². The van der Waals surface area contributed by atoms with Gasteiger partial charge < -0.3 is 16.0 Å². The van der Waals surface area contributed by atoms with Crippen molar-refractivity contribution in [1.82, 2.24) is 10.3 Å². The molecule has 5 heteroatoms. The van der Waals surface area contributed by atoms with E-state index in [1.54, 1.807) is 6.07 Å². The summed E-state index contributed by atoms with van der Waals surface area (Å²) in [7, 11) is 0. The van der Waals surface area contributed by atoms with E-state index >= 15 is 0 Å². The summed E-state index contributed by atoms with van der Waals surface area (Å²) in [5.41, 5.74) is 7.87. The summed E-state index contributed by atoms with van der Waals surface area (Å²) in [6.45, 7) is 0.588. The molecule has 1 aliphatic rings. The van der Waals surface area contributed by atoms with E-state index in [9.17, 15) is 9.18 Å². The zero-order valence-corrected chi connectivity index (χ0v) is 12.6. The van der Waals surface area contributed by atoms with Gasteiger partial charge in [-0.15, -0.1) is 0 Å². The summed E-state index contributed by atoms with van der Waals surface area (Å²) >= 11 is 0. The fraction of sp³-hybridized carbons (Fsp3) is 0.471. The molecule has 1 heterocycles. The topological polar surface area (TPSA) is 70.9 Å². The van der Waals surface area contributed by atoms with E-state index < -0.39 is 0 Å². The van der Waals surface area contributed by atoms with Crippen molar-refractivity contribution in [2.24, 2.45) is 11.7 Å². The van der Waals surface area contributed by atoms with Crippen molar-refractivity contribution in [3.63, 3.8) is 0 Å². The van der Waals surface area contributed by atoms with Crippen LogP contribution in [0.4, 0.5) is 4.39 Å². The molecule has 0 aliphatic heterocycles. The maximum atomic E-state index is 13.1. The molecule has 0 bridgehead atoms. The first-order valence-corrected chi connectivity index (χ1v) is 7.91. The van der Waals surface area contributed by atoms with Gasteiger partial charge in [0.15, 0.2) is 0 Å². The minimum atomic E-state index is -0.248. The van der Waals surface area contributed by atoms with Crippen LogP contribution in [0, 0.1) is 11.7 Å². The minimum Gasteiger partial charge on any atom is -0.361 e. The maximum Gasteiger partial charge on any atom is 0.220 e. The highest BCUT2D eigenvalue weighted by Gasteiger charge is 2.25. The first-order chi connectivity index (χ1) is 10.6. The van der Waals surface area contributed by atoms with E-state index in [4.69, 9.17) is 5.73 Å². The van der Waals surface area contributed by atoms with Crippen LogP contribution in [0.5, 0.6) is 0 Å². The van der Waals surface area contributed by atoms with Crippen molar-refractivity contribution in [3.05, 3.63) is 35.8 Å². The second-order valence-electron chi connectivity index (χ2n) is 6.16. The lowest BCUT2D eigenvalue weighted by atomic mass is 10.00. The zero-order valence-electron chi connectivity index (χ0n) is 12.6. The molecular formula is C17H22FN3O. The average Bonchev–Trinajstić information content (AvgIpc) is 3.06. The smallest absolute Gasteiger partial charge is 0.220 e. The Morgan fingerprint density at radius 3 is 3.05 bits per heavy atom. The SMILES string of the molecule is N[C@@H]1CCC[C@H]1CC(=O)NCCc1c[nH]c2cc(F)ccc12. The molecule has 1 aromatic heterocycles. The number of rotatable bonds is 5. The second-order valence-corrected chi connectivity index (χ2v) is 6.16. The van der Waals surface area contributed by atoms with Gasteiger partial charge >= 0.3 is 0 Å². The molecule has 0 spiro atoms. The Morgan fingerprint density at radius 2 is 2.27 bits per heavy atom. The standard InChI is InChI=1S/C17H22FN3O/c18-13-4-5-14-12(10-21-16(14)9-13)6-7-20-17(22)8-11-2-1-3-15(11)19/h4-5,9-11,15,21H,1-3,6-8,19H2,(H,20,22)/t11-,15+/m0/s1. The number of aromatic amines is 1. The van der Waals surface area contributed by atoms with Gasteiger partial charge in [-0.25, -0.2) is 4.39 Å². The lowest BCUT2D eigenvalue weighted by Crippen LogP contribution is -2.32. The molecule has 0 unspecified atom stereocenters. The number of aromatic nitrogens is 1. The van der Waals surface area contributed by atoms with E-state index in [1.165, 1.54) is 12.1 Å². The van der Waals surface area contributed by atoms with Gasteiger partial charge in [-0.2, -0.15) is 0 Å². The third kappa shape index (κ3) is 3.30. The predicted molar refractivity (Wildman–Crippen MR) is 84.9 cm³/mol. The average molecular weight is 303 g/mol. The van der Waals surface area contributed by atoms with Crippen LogP contribution in [0.2, 0.25) is 0 Å². The molecular weight excluding hydrogens is 281 g/mol. The summed E-state index contributed by atoms with van der Waals surface area (Å²) < 4.78 is 13.1. The molecule has 22 heavy (non-hydrogen) atoms. The van der Waals surface area contributed by atoms with Gasteiger partial charge in [-0.3, -0.25) is 4.79 Å². The number of nitrogens with two attached hydrogens (primary N) is 1. The van der Waals surface area contributed by atoms with Gasteiger partial charge in [0.2, 0.25) is 5.91 Å². The molecule has 118 valence electrons. The Bertz CT molecular complexity index is 667. The fourth-order valence-corrected chi connectivity index (χ4v) is 3.33. The molecule has 2 atom stereocenters. The van der Waals surface area contributed by atoms with E-state index in [0.717, 1.165) is 42.1 Å². The predicted octanol–water partition coefficient (Wildman–Crippen LogP) is 2.48. The molecule has 0 saturated heterocycles. The van der Waals surface area contributed by atoms with E-state index in [2.05, 4.69) is 10.3 Å². The number of fused-ring (bicyclic) bond motifs is 1. The minimum absolute atomic E-state index is 0.0771. The van der Waals surface area contributed by atoms with Gasteiger partial charge in [-0.1, -0.05) is 6.42 Å². The van der Waals surface area contributed by atoms with Crippen molar-refractivity contribution in [3.8, 4) is 0 Å². The number of H-pyrrole nitrogens is 1. The van der Waals surface area contributed by atoms with Crippen LogP contribution in [-0.4, -0.2) is 23.5 Å². The van der Waals surface area contributed by atoms with Gasteiger partial charge in [-0.05, 0) is 48.9 Å². The second kappa shape index (κ2) is 6.48. The van der Waals surface area contributed by atoms with Crippen LogP contribution in [0.15, 0.2) is 24.4 Å². The van der Waals surface area contributed by atoms with Crippen LogP contribution in [-0.2, 0) is 11.2 Å². The largest absolute Gasteiger partial charge is 0.361 e. The summed E-state index contributed by atoms with van der Waals surface area (Å²) in [4.78, 5) is 15.0. The van der Waals surface area contributed by atoms with Crippen LogP contribution >= 0.6 is 0 Å². The lowest BCUT2D eigenvalue weighted by Gasteiger charge is -2.14. The fourth-order valence-electron chi connectivity index (χ4n) is 3.33. The summed E-state index contributed by atoms with van der Waals surface area (Å²) in [6.07, 6.45) is 6.36. The van der Waals surface area contributed by atoms with Crippen LogP contribution in [0.3, 0.4) is 0 Å². The van der Waals surface area contributed by atoms with Crippen molar-refractivity contribution in [2.45, 2.75) is 38.1 Å². The van der Waals surface area contributed by atoms with Crippen LogP contribution in [0.25, 0.3) is 10.9 Å². The van der Waals surface area contributed by atoms with E-state index in [1.807, 2.05) is 6.20 Å². The summed E-state index contributed by atoms with van der Waals surface area (Å²) in [5.74, 6) is 0.159. The Morgan fingerprint density at radius 1 is 1.41 bits per heavy atom. The molecule has 4 N–H and O–H groups in total. The quantitative estimate of drug-likeness (QED) is 0.794. The van der Waals surface area contributed by atoms with E-state index in [0.29, 0.717) is 18.9 Å². The van der Waals surface area contributed by atoms with E-state index in [-0.39, 0.29) is 17.8 Å². The Balaban J connectivity index is 1.50. The number of amides is 1. The number of benzene rings is 1. The van der Waals surface area contributed by atoms with Gasteiger partial charge in [0.25, 0.3) is 0 Å². The molecule has 2 aromatic rings. The number of nitrogens with one attached hydrogen (secondary N) is 2. The van der Waals surface area contributed by atoms with Crippen LogP contribution < -0.4 is 11.1 Å². The third-order valence-electron chi connectivity index (χ3n) is 4.61. The first-order valence-electron chi connectivity index (χ1n) is 7.91. The highest BCUT2D eigenvalue weighted by atomic mass is 19.1. The monoisotopic (exact) mass is 303 g/mol. The molecule has 1 aromatic carbocycles. The Kier molecular flexibility index (Phi) is 4.43. The number of carbonyl (C=O) groups is 1. The Labute approximate surface area is 129 Å². The molecule has 1 saturated carbocycles. The summed E-state index contributed by atoms with van der Waals surface area (Å²) in [5, 5.41) is 3.97. The van der Waals surface area contributed by atoms with Gasteiger partial charge in [0.1, 0.15) is 5.82 Å². The van der Waals surface area contributed by atoms with Crippen molar-refractivity contribution in [2.75, 3.05) is 6.54 Å².